The Morgan fingerprint density at radius 2 is 1.86 bits per heavy atom. The normalized spacial score (nSPS) is 11.6. The number of hydrogen-bond donors (Lipinski definition) is 2. The Balaban J connectivity index is 1.80. The topological polar surface area (TPSA) is 71.7 Å². The van der Waals surface area contributed by atoms with Crippen LogP contribution in [-0.4, -0.2) is 26.6 Å². The van der Waals surface area contributed by atoms with Crippen molar-refractivity contribution in [3.8, 4) is 22.8 Å². The largest absolute Gasteiger partial charge is 0.504 e. The van der Waals surface area contributed by atoms with Crippen LogP contribution < -0.4 is 10.1 Å². The van der Waals surface area contributed by atoms with Crippen molar-refractivity contribution in [3.05, 3.63) is 66.5 Å². The summed E-state index contributed by atoms with van der Waals surface area (Å²) in [6, 6.07) is 11.2. The van der Waals surface area contributed by atoms with Gasteiger partial charge in [0.25, 0.3) is 0 Å². The predicted octanol–water partition coefficient (Wildman–Crippen LogP) is 4.87. The fourth-order valence-electron chi connectivity index (χ4n) is 2.91. The molecule has 0 aliphatic carbocycles. The van der Waals surface area contributed by atoms with Gasteiger partial charge in [0, 0.05) is 23.6 Å². The van der Waals surface area contributed by atoms with E-state index in [1.165, 1.54) is 25.3 Å². The van der Waals surface area contributed by atoms with Crippen LogP contribution >= 0.6 is 0 Å². The summed E-state index contributed by atoms with van der Waals surface area (Å²) in [5.41, 5.74) is 0.864. The van der Waals surface area contributed by atoms with E-state index in [9.17, 15) is 18.3 Å². The van der Waals surface area contributed by atoms with Crippen molar-refractivity contribution >= 4 is 17.3 Å². The summed E-state index contributed by atoms with van der Waals surface area (Å²) in [7, 11) is 1.44. The monoisotopic (exact) mass is 400 g/mol. The third kappa shape index (κ3) is 3.54. The molecule has 0 fully saturated rings. The summed E-state index contributed by atoms with van der Waals surface area (Å²) in [5.74, 6) is 1.17. The van der Waals surface area contributed by atoms with Gasteiger partial charge in [0.2, 0.25) is 5.78 Å². The SMILES string of the molecule is COc1cc(-c2nc3ncccn3c2Nc2ccc(C(F)(F)F)cc2)ccc1O. The molecule has 0 saturated carbocycles. The molecule has 29 heavy (non-hydrogen) atoms. The number of alkyl halides is 3. The number of fused-ring (bicyclic) bond motifs is 1. The molecule has 0 unspecified atom stereocenters. The van der Waals surface area contributed by atoms with Crippen molar-refractivity contribution in [2.45, 2.75) is 6.18 Å². The van der Waals surface area contributed by atoms with Gasteiger partial charge in [-0.3, -0.25) is 4.40 Å². The van der Waals surface area contributed by atoms with Crippen LogP contribution in [0.25, 0.3) is 17.0 Å². The van der Waals surface area contributed by atoms with Gasteiger partial charge < -0.3 is 15.2 Å². The molecule has 4 aromatic rings. The van der Waals surface area contributed by atoms with Crippen molar-refractivity contribution in [1.29, 1.82) is 0 Å². The van der Waals surface area contributed by atoms with E-state index in [0.29, 0.717) is 28.5 Å². The first-order chi connectivity index (χ1) is 13.9. The molecule has 6 nitrogen and oxygen atoms in total. The van der Waals surface area contributed by atoms with E-state index >= 15 is 0 Å². The molecule has 9 heteroatoms. The van der Waals surface area contributed by atoms with Gasteiger partial charge in [0.1, 0.15) is 11.5 Å². The zero-order valence-corrected chi connectivity index (χ0v) is 15.1. The first-order valence-electron chi connectivity index (χ1n) is 8.51. The summed E-state index contributed by atoms with van der Waals surface area (Å²) >= 11 is 0. The van der Waals surface area contributed by atoms with Gasteiger partial charge >= 0.3 is 6.18 Å². The number of aromatic hydroxyl groups is 1. The Hall–Kier alpha value is -3.75. The summed E-state index contributed by atoms with van der Waals surface area (Å²) in [4.78, 5) is 8.73. The second-order valence-corrected chi connectivity index (χ2v) is 6.19. The molecular weight excluding hydrogens is 385 g/mol. The number of nitrogens with zero attached hydrogens (tertiary/aromatic N) is 3. The van der Waals surface area contributed by atoms with Crippen LogP contribution in [0.15, 0.2) is 60.9 Å². The molecule has 2 heterocycles. The van der Waals surface area contributed by atoms with Crippen molar-refractivity contribution < 1.29 is 23.0 Å². The molecule has 0 bridgehead atoms. The van der Waals surface area contributed by atoms with Gasteiger partial charge in [-0.05, 0) is 48.5 Å². The predicted molar refractivity (Wildman–Crippen MR) is 101 cm³/mol. The van der Waals surface area contributed by atoms with Gasteiger partial charge in [-0.15, -0.1) is 0 Å². The van der Waals surface area contributed by atoms with Crippen molar-refractivity contribution in [3.63, 3.8) is 0 Å². The Kier molecular flexibility index (Phi) is 4.50. The molecule has 0 atom stereocenters. The molecule has 2 aromatic heterocycles. The molecular formula is C20H15F3N4O2. The highest BCUT2D eigenvalue weighted by Crippen LogP contribution is 2.36. The maximum atomic E-state index is 12.8. The standard InChI is InChI=1S/C20H15F3N4O2/c1-29-16-11-12(3-8-15(16)28)17-18(27-10-2-9-24-19(27)26-17)25-14-6-4-13(5-7-14)20(21,22)23/h2-11,25,28H,1H3. The van der Waals surface area contributed by atoms with E-state index in [2.05, 4.69) is 15.3 Å². The van der Waals surface area contributed by atoms with E-state index in [1.54, 1.807) is 35.0 Å². The Morgan fingerprint density at radius 1 is 1.10 bits per heavy atom. The highest BCUT2D eigenvalue weighted by Gasteiger charge is 2.30. The van der Waals surface area contributed by atoms with Crippen LogP contribution in [0.4, 0.5) is 24.7 Å². The van der Waals surface area contributed by atoms with Gasteiger partial charge in [-0.25, -0.2) is 9.97 Å². The average Bonchev–Trinajstić information content (AvgIpc) is 3.07. The lowest BCUT2D eigenvalue weighted by Gasteiger charge is -2.11. The Morgan fingerprint density at radius 3 is 2.55 bits per heavy atom. The average molecular weight is 400 g/mol. The van der Waals surface area contributed by atoms with Gasteiger partial charge in [-0.2, -0.15) is 13.2 Å². The number of benzene rings is 2. The second-order valence-electron chi connectivity index (χ2n) is 6.19. The quantitative estimate of drug-likeness (QED) is 0.511. The molecule has 0 saturated heterocycles. The minimum absolute atomic E-state index is 0.0182. The zero-order chi connectivity index (χ0) is 20.6. The van der Waals surface area contributed by atoms with Crippen LogP contribution in [0, 0.1) is 0 Å². The Bertz CT molecular complexity index is 1170. The van der Waals surface area contributed by atoms with Gasteiger partial charge in [0.05, 0.1) is 12.7 Å². The number of phenols is 1. The summed E-state index contributed by atoms with van der Waals surface area (Å²) < 4.78 is 45.3. The number of hydrogen-bond acceptors (Lipinski definition) is 5. The number of halogens is 3. The first-order valence-corrected chi connectivity index (χ1v) is 8.51. The number of phenolic OH excluding ortho intramolecular Hbond substituents is 1. The first kappa shape index (κ1) is 18.6. The molecule has 148 valence electrons. The van der Waals surface area contributed by atoms with E-state index < -0.39 is 11.7 Å². The number of anilines is 2. The van der Waals surface area contributed by atoms with Crippen LogP contribution in [0.3, 0.4) is 0 Å². The number of methoxy groups -OCH3 is 1. The van der Waals surface area contributed by atoms with E-state index in [-0.39, 0.29) is 11.5 Å². The fraction of sp³-hybridized carbons (Fsp3) is 0.100. The molecule has 0 aliphatic rings. The van der Waals surface area contributed by atoms with Gasteiger partial charge in [0.15, 0.2) is 11.5 Å². The maximum absolute atomic E-state index is 12.8. The maximum Gasteiger partial charge on any atom is 0.416 e. The lowest BCUT2D eigenvalue weighted by atomic mass is 10.1. The van der Waals surface area contributed by atoms with Crippen molar-refractivity contribution in [2.24, 2.45) is 0 Å². The minimum Gasteiger partial charge on any atom is -0.504 e. The summed E-state index contributed by atoms with van der Waals surface area (Å²) in [5, 5.41) is 13.0. The molecule has 0 amide bonds. The molecule has 0 aliphatic heterocycles. The third-order valence-corrected chi connectivity index (χ3v) is 4.33. The van der Waals surface area contributed by atoms with Gasteiger partial charge in [-0.1, -0.05) is 0 Å². The lowest BCUT2D eigenvalue weighted by molar-refractivity contribution is -0.137. The van der Waals surface area contributed by atoms with E-state index in [0.717, 1.165) is 12.1 Å². The number of imidazole rings is 1. The van der Waals surface area contributed by atoms with Crippen molar-refractivity contribution in [1.82, 2.24) is 14.4 Å². The summed E-state index contributed by atoms with van der Waals surface area (Å²) in [6.07, 6.45) is -1.08. The number of ether oxygens (including phenoxy) is 1. The third-order valence-electron chi connectivity index (χ3n) is 4.33. The lowest BCUT2D eigenvalue weighted by Crippen LogP contribution is -2.04. The van der Waals surface area contributed by atoms with E-state index in [1.807, 2.05) is 0 Å². The number of nitrogens with one attached hydrogen (secondary N) is 1. The number of aromatic nitrogens is 3. The highest BCUT2D eigenvalue weighted by molar-refractivity contribution is 5.80. The van der Waals surface area contributed by atoms with Crippen LogP contribution in [0.5, 0.6) is 11.5 Å². The van der Waals surface area contributed by atoms with Crippen molar-refractivity contribution in [2.75, 3.05) is 12.4 Å². The van der Waals surface area contributed by atoms with Crippen LogP contribution in [0.2, 0.25) is 0 Å². The molecule has 4 rings (SSSR count). The smallest absolute Gasteiger partial charge is 0.416 e. The summed E-state index contributed by atoms with van der Waals surface area (Å²) in [6.45, 7) is 0. The fourth-order valence-corrected chi connectivity index (χ4v) is 2.91. The molecule has 2 aromatic carbocycles. The van der Waals surface area contributed by atoms with E-state index in [4.69, 9.17) is 4.74 Å². The molecule has 0 radical (unpaired) electrons. The zero-order valence-electron chi connectivity index (χ0n) is 15.1. The second kappa shape index (κ2) is 7.01. The van der Waals surface area contributed by atoms with Crippen LogP contribution in [-0.2, 0) is 6.18 Å². The molecule has 0 spiro atoms. The molecule has 2 N–H and O–H groups in total. The highest BCUT2D eigenvalue weighted by atomic mass is 19.4. The Labute approximate surface area is 163 Å². The number of rotatable bonds is 4. The minimum atomic E-state index is -4.40. The van der Waals surface area contributed by atoms with Crippen LogP contribution in [0.1, 0.15) is 5.56 Å².